The fraction of sp³-hybridized carbons (Fsp3) is 0.278. The number of ether oxygens (including phenoxy) is 1. The van der Waals surface area contributed by atoms with E-state index in [2.05, 4.69) is 15.3 Å². The molecule has 1 aliphatic rings. The molecule has 3 rings (SSSR count). The molecule has 150 valence electrons. The number of aryl methyl sites for hydroxylation is 1. The number of rotatable bonds is 3. The van der Waals surface area contributed by atoms with Crippen LogP contribution >= 0.6 is 0 Å². The number of urea groups is 1. The average Bonchev–Trinajstić information content (AvgIpc) is 2.71. The topological polar surface area (TPSA) is 108 Å². The van der Waals surface area contributed by atoms with Crippen molar-refractivity contribution in [3.63, 3.8) is 0 Å². The predicted molar refractivity (Wildman–Crippen MR) is 94.8 cm³/mol. The molecular weight excluding hydrogens is 391 g/mol. The molecule has 2 aromatic heterocycles. The van der Waals surface area contributed by atoms with Crippen molar-refractivity contribution in [1.29, 1.82) is 5.26 Å². The van der Waals surface area contributed by atoms with Crippen molar-refractivity contribution in [3.8, 4) is 11.8 Å². The van der Waals surface area contributed by atoms with Crippen LogP contribution in [0.1, 0.15) is 28.0 Å². The summed E-state index contributed by atoms with van der Waals surface area (Å²) >= 11 is 0. The molecule has 8 nitrogen and oxygen atoms in total. The van der Waals surface area contributed by atoms with Gasteiger partial charge >= 0.3 is 12.2 Å². The first kappa shape index (κ1) is 20.1. The number of fused-ring (bicyclic) bond motifs is 1. The summed E-state index contributed by atoms with van der Waals surface area (Å²) in [6, 6.07) is 4.92. The molecular formula is C18H14F3N5O3. The van der Waals surface area contributed by atoms with Gasteiger partial charge in [0, 0.05) is 12.6 Å². The van der Waals surface area contributed by atoms with E-state index in [0.717, 1.165) is 11.0 Å². The minimum Gasteiger partial charge on any atom is -0.495 e. The number of nitriles is 1. The van der Waals surface area contributed by atoms with Crippen LogP contribution in [0.4, 0.5) is 29.6 Å². The first-order chi connectivity index (χ1) is 13.7. The number of anilines is 2. The lowest BCUT2D eigenvalue weighted by Crippen LogP contribution is -2.40. The number of hydrogen-bond donors (Lipinski definition) is 1. The van der Waals surface area contributed by atoms with Gasteiger partial charge in [-0.3, -0.25) is 15.0 Å². The summed E-state index contributed by atoms with van der Waals surface area (Å²) < 4.78 is 43.2. The molecule has 0 aromatic carbocycles. The van der Waals surface area contributed by atoms with E-state index in [4.69, 9.17) is 10.00 Å². The van der Waals surface area contributed by atoms with Crippen LogP contribution in [-0.4, -0.2) is 41.6 Å². The van der Waals surface area contributed by atoms with E-state index in [-0.39, 0.29) is 29.5 Å². The van der Waals surface area contributed by atoms with Gasteiger partial charge in [0.1, 0.15) is 34.7 Å². The SMILES string of the molecule is COc1cc(NC(=O)N2CCCc3ccc(C(=O)C(F)(F)F)nc32)ncc1C#N. The van der Waals surface area contributed by atoms with Gasteiger partial charge in [0.15, 0.2) is 0 Å². The Bertz CT molecular complexity index is 1020. The van der Waals surface area contributed by atoms with Crippen LogP contribution in [0.3, 0.4) is 0 Å². The molecule has 0 unspecified atom stereocenters. The first-order valence-corrected chi connectivity index (χ1v) is 8.38. The molecule has 1 N–H and O–H groups in total. The van der Waals surface area contributed by atoms with Gasteiger partial charge in [0.05, 0.1) is 13.3 Å². The Morgan fingerprint density at radius 1 is 1.34 bits per heavy atom. The average molecular weight is 405 g/mol. The van der Waals surface area contributed by atoms with E-state index in [0.29, 0.717) is 18.4 Å². The number of halogens is 3. The van der Waals surface area contributed by atoms with E-state index < -0.39 is 23.7 Å². The molecule has 0 saturated carbocycles. The Balaban J connectivity index is 1.89. The minimum atomic E-state index is -5.06. The van der Waals surface area contributed by atoms with Gasteiger partial charge < -0.3 is 4.74 Å². The molecule has 0 fully saturated rings. The third kappa shape index (κ3) is 4.11. The highest BCUT2D eigenvalue weighted by Gasteiger charge is 2.41. The maximum atomic E-state index is 12.7. The number of alkyl halides is 3. The summed E-state index contributed by atoms with van der Waals surface area (Å²) in [5.41, 5.74) is -0.0598. The van der Waals surface area contributed by atoms with E-state index >= 15 is 0 Å². The zero-order valence-corrected chi connectivity index (χ0v) is 15.1. The molecule has 0 atom stereocenters. The number of amides is 2. The summed E-state index contributed by atoms with van der Waals surface area (Å²) in [5.74, 6) is -1.80. The molecule has 1 aliphatic heterocycles. The van der Waals surface area contributed by atoms with Crippen LogP contribution < -0.4 is 15.0 Å². The van der Waals surface area contributed by atoms with Gasteiger partial charge in [-0.1, -0.05) is 6.07 Å². The number of nitrogens with one attached hydrogen (secondary N) is 1. The first-order valence-electron chi connectivity index (χ1n) is 8.38. The molecule has 3 heterocycles. The number of aromatic nitrogens is 2. The monoisotopic (exact) mass is 405 g/mol. The van der Waals surface area contributed by atoms with Crippen LogP contribution in [0, 0.1) is 11.3 Å². The lowest BCUT2D eigenvalue weighted by Gasteiger charge is -2.28. The molecule has 0 aliphatic carbocycles. The quantitative estimate of drug-likeness (QED) is 0.787. The van der Waals surface area contributed by atoms with Crippen molar-refractivity contribution in [3.05, 3.63) is 41.2 Å². The van der Waals surface area contributed by atoms with Crippen LogP contribution in [0.5, 0.6) is 5.75 Å². The van der Waals surface area contributed by atoms with E-state index in [9.17, 15) is 22.8 Å². The summed E-state index contributed by atoms with van der Waals surface area (Å²) in [5, 5.41) is 11.5. The highest BCUT2D eigenvalue weighted by atomic mass is 19.4. The Labute approximate surface area is 162 Å². The maximum absolute atomic E-state index is 12.7. The van der Waals surface area contributed by atoms with Gasteiger partial charge in [-0.25, -0.2) is 14.8 Å². The Kier molecular flexibility index (Phi) is 5.36. The highest BCUT2D eigenvalue weighted by molar-refractivity contribution is 6.03. The van der Waals surface area contributed by atoms with Gasteiger partial charge in [-0.15, -0.1) is 0 Å². The van der Waals surface area contributed by atoms with Gasteiger partial charge in [0.2, 0.25) is 0 Å². The number of carbonyl (C=O) groups is 2. The van der Waals surface area contributed by atoms with Crippen molar-refractivity contribution in [2.45, 2.75) is 19.0 Å². The number of methoxy groups -OCH3 is 1. The minimum absolute atomic E-state index is 0.00976. The molecule has 2 aromatic rings. The largest absolute Gasteiger partial charge is 0.495 e. The lowest BCUT2D eigenvalue weighted by atomic mass is 10.0. The van der Waals surface area contributed by atoms with Gasteiger partial charge in [-0.2, -0.15) is 18.4 Å². The number of hydrogen-bond acceptors (Lipinski definition) is 6. The fourth-order valence-corrected chi connectivity index (χ4v) is 2.84. The zero-order valence-electron chi connectivity index (χ0n) is 15.1. The molecule has 0 saturated heterocycles. The van der Waals surface area contributed by atoms with Crippen molar-refractivity contribution >= 4 is 23.5 Å². The smallest absolute Gasteiger partial charge is 0.456 e. The standard InChI is InChI=1S/C18H14F3N5O3/c1-29-13-7-14(23-9-11(13)8-22)25-17(28)26-6-2-3-10-4-5-12(24-16(10)26)15(27)18(19,20)21/h4-5,7,9H,2-3,6H2,1H3,(H,23,25,28). The summed E-state index contributed by atoms with van der Waals surface area (Å²) in [7, 11) is 1.35. The summed E-state index contributed by atoms with van der Waals surface area (Å²) in [6.45, 7) is 0.197. The predicted octanol–water partition coefficient (Wildman–Crippen LogP) is 3.09. The highest BCUT2D eigenvalue weighted by Crippen LogP contribution is 2.29. The van der Waals surface area contributed by atoms with Crippen molar-refractivity contribution in [2.75, 3.05) is 23.9 Å². The Morgan fingerprint density at radius 3 is 2.76 bits per heavy atom. The maximum Gasteiger partial charge on any atom is 0.456 e. The molecule has 2 amide bonds. The third-order valence-corrected chi connectivity index (χ3v) is 4.22. The number of Topliss-reactive ketones (excluding diaryl/α,β-unsaturated/α-hetero) is 1. The molecule has 11 heteroatoms. The van der Waals surface area contributed by atoms with E-state index in [1.54, 1.807) is 0 Å². The van der Waals surface area contributed by atoms with Gasteiger partial charge in [0.25, 0.3) is 5.78 Å². The fourth-order valence-electron chi connectivity index (χ4n) is 2.84. The summed E-state index contributed by atoms with van der Waals surface area (Å²) in [4.78, 5) is 33.1. The third-order valence-electron chi connectivity index (χ3n) is 4.22. The van der Waals surface area contributed by atoms with Gasteiger partial charge in [-0.05, 0) is 24.5 Å². The number of nitrogens with zero attached hydrogens (tertiary/aromatic N) is 4. The Hall–Kier alpha value is -3.68. The normalized spacial score (nSPS) is 13.3. The lowest BCUT2D eigenvalue weighted by molar-refractivity contribution is -0.0888. The van der Waals surface area contributed by atoms with Crippen LogP contribution in [0.15, 0.2) is 24.4 Å². The van der Waals surface area contributed by atoms with Crippen molar-refractivity contribution < 1.29 is 27.5 Å². The molecule has 0 radical (unpaired) electrons. The summed E-state index contributed by atoms with van der Waals surface area (Å²) in [6.07, 6.45) is -2.77. The number of pyridine rings is 2. The zero-order chi connectivity index (χ0) is 21.2. The molecule has 29 heavy (non-hydrogen) atoms. The van der Waals surface area contributed by atoms with E-state index in [1.807, 2.05) is 6.07 Å². The van der Waals surface area contributed by atoms with Crippen LogP contribution in [-0.2, 0) is 6.42 Å². The molecule has 0 spiro atoms. The number of carbonyl (C=O) groups excluding carboxylic acids is 2. The van der Waals surface area contributed by atoms with E-state index in [1.165, 1.54) is 25.4 Å². The van der Waals surface area contributed by atoms with Crippen LogP contribution in [0.25, 0.3) is 0 Å². The Morgan fingerprint density at radius 2 is 2.10 bits per heavy atom. The van der Waals surface area contributed by atoms with Crippen molar-refractivity contribution in [2.24, 2.45) is 0 Å². The second-order valence-electron chi connectivity index (χ2n) is 6.07. The van der Waals surface area contributed by atoms with Crippen molar-refractivity contribution in [1.82, 2.24) is 9.97 Å². The second kappa shape index (κ2) is 7.75. The molecule has 0 bridgehead atoms. The number of ketones is 1. The second-order valence-corrected chi connectivity index (χ2v) is 6.07. The van der Waals surface area contributed by atoms with Crippen LogP contribution in [0.2, 0.25) is 0 Å².